The summed E-state index contributed by atoms with van der Waals surface area (Å²) in [6.07, 6.45) is 0.424. The largest absolute Gasteiger partial charge is 0.368 e. The summed E-state index contributed by atoms with van der Waals surface area (Å²) >= 11 is 0. The second-order valence-corrected chi connectivity index (χ2v) is 8.00. The number of nitrogens with two attached hydrogens (primary N) is 1. The van der Waals surface area contributed by atoms with Crippen LogP contribution in [0.4, 0.5) is 0 Å². The van der Waals surface area contributed by atoms with Crippen molar-refractivity contribution in [3.63, 3.8) is 0 Å². The van der Waals surface area contributed by atoms with Crippen molar-refractivity contribution in [3.8, 4) is 0 Å². The van der Waals surface area contributed by atoms with Crippen LogP contribution in [0.5, 0.6) is 0 Å². The third-order valence-corrected chi connectivity index (χ3v) is 5.33. The summed E-state index contributed by atoms with van der Waals surface area (Å²) in [6.45, 7) is 1.33. The van der Waals surface area contributed by atoms with Gasteiger partial charge in [0.15, 0.2) is 5.78 Å². The SMILES string of the molecule is CC(=O)N[C@@H](Cc1ccccc1)C(=O)N[C@H](Cc1ccc(C(=O)c2ccccc2)cc1)C(N)=O. The Labute approximate surface area is 198 Å². The van der Waals surface area contributed by atoms with Crippen molar-refractivity contribution in [3.05, 3.63) is 107 Å². The molecule has 3 aromatic carbocycles. The number of hydrogen-bond acceptors (Lipinski definition) is 4. The van der Waals surface area contributed by atoms with Crippen LogP contribution in [-0.2, 0) is 27.2 Å². The highest BCUT2D eigenvalue weighted by atomic mass is 16.2. The number of ketones is 1. The molecule has 0 aromatic heterocycles. The molecule has 0 heterocycles. The average Bonchev–Trinajstić information content (AvgIpc) is 2.84. The molecule has 4 N–H and O–H groups in total. The Hall–Kier alpha value is -4.26. The lowest BCUT2D eigenvalue weighted by atomic mass is 9.99. The van der Waals surface area contributed by atoms with Gasteiger partial charge in [0.25, 0.3) is 0 Å². The predicted molar refractivity (Wildman–Crippen MR) is 129 cm³/mol. The van der Waals surface area contributed by atoms with E-state index in [-0.39, 0.29) is 24.5 Å². The molecule has 7 heteroatoms. The molecule has 0 unspecified atom stereocenters. The minimum atomic E-state index is -0.977. The van der Waals surface area contributed by atoms with Crippen LogP contribution in [-0.4, -0.2) is 35.6 Å². The first kappa shape index (κ1) is 24.4. The number of nitrogens with one attached hydrogen (secondary N) is 2. The van der Waals surface area contributed by atoms with Crippen molar-refractivity contribution in [1.82, 2.24) is 10.6 Å². The Morgan fingerprint density at radius 2 is 1.18 bits per heavy atom. The Morgan fingerprint density at radius 3 is 1.74 bits per heavy atom. The third kappa shape index (κ3) is 6.87. The lowest BCUT2D eigenvalue weighted by molar-refractivity contribution is -0.130. The van der Waals surface area contributed by atoms with Crippen molar-refractivity contribution in [2.45, 2.75) is 31.8 Å². The van der Waals surface area contributed by atoms with Crippen LogP contribution in [0.3, 0.4) is 0 Å². The maximum atomic E-state index is 12.9. The predicted octanol–water partition coefficient (Wildman–Crippen LogP) is 2.18. The topological polar surface area (TPSA) is 118 Å². The van der Waals surface area contributed by atoms with Crippen molar-refractivity contribution in [2.24, 2.45) is 5.73 Å². The van der Waals surface area contributed by atoms with Crippen LogP contribution in [0.25, 0.3) is 0 Å². The molecular weight excluding hydrogens is 430 g/mol. The van der Waals surface area contributed by atoms with E-state index in [4.69, 9.17) is 5.73 Å². The van der Waals surface area contributed by atoms with Gasteiger partial charge in [0.05, 0.1) is 0 Å². The highest BCUT2D eigenvalue weighted by molar-refractivity contribution is 6.08. The van der Waals surface area contributed by atoms with Gasteiger partial charge in [-0.3, -0.25) is 19.2 Å². The van der Waals surface area contributed by atoms with E-state index in [1.54, 1.807) is 48.5 Å². The minimum absolute atomic E-state index is 0.106. The number of carbonyl (C=O) groups is 4. The van der Waals surface area contributed by atoms with E-state index in [1.165, 1.54) is 6.92 Å². The minimum Gasteiger partial charge on any atom is -0.368 e. The second kappa shape index (κ2) is 11.6. The van der Waals surface area contributed by atoms with Crippen LogP contribution in [0.2, 0.25) is 0 Å². The average molecular weight is 458 g/mol. The lowest BCUT2D eigenvalue weighted by Crippen LogP contribution is -2.54. The van der Waals surface area contributed by atoms with Crippen LogP contribution >= 0.6 is 0 Å². The number of amides is 3. The normalized spacial score (nSPS) is 12.3. The molecule has 0 aliphatic carbocycles. The summed E-state index contributed by atoms with van der Waals surface area (Å²) in [5.74, 6) is -1.66. The van der Waals surface area contributed by atoms with Gasteiger partial charge in [0.2, 0.25) is 17.7 Å². The molecule has 0 bridgehead atoms. The summed E-state index contributed by atoms with van der Waals surface area (Å²) in [5, 5.41) is 5.29. The van der Waals surface area contributed by atoms with Gasteiger partial charge in [-0.25, -0.2) is 0 Å². The zero-order valence-electron chi connectivity index (χ0n) is 18.9. The molecule has 0 spiro atoms. The first-order chi connectivity index (χ1) is 16.3. The molecule has 7 nitrogen and oxygen atoms in total. The van der Waals surface area contributed by atoms with Gasteiger partial charge in [-0.15, -0.1) is 0 Å². The van der Waals surface area contributed by atoms with Crippen molar-refractivity contribution in [2.75, 3.05) is 0 Å². The van der Waals surface area contributed by atoms with Gasteiger partial charge in [-0.1, -0.05) is 84.9 Å². The summed E-state index contributed by atoms with van der Waals surface area (Å²) in [4.78, 5) is 49.2. The van der Waals surface area contributed by atoms with E-state index in [9.17, 15) is 19.2 Å². The fraction of sp³-hybridized carbons (Fsp3) is 0.185. The highest BCUT2D eigenvalue weighted by Crippen LogP contribution is 2.13. The van der Waals surface area contributed by atoms with E-state index in [0.29, 0.717) is 11.1 Å². The molecule has 0 aliphatic heterocycles. The Bertz CT molecular complexity index is 1150. The summed E-state index contributed by atoms with van der Waals surface area (Å²) in [6, 6.07) is 23.2. The first-order valence-electron chi connectivity index (χ1n) is 10.9. The fourth-order valence-electron chi connectivity index (χ4n) is 3.58. The molecule has 174 valence electrons. The molecule has 3 rings (SSSR count). The summed E-state index contributed by atoms with van der Waals surface area (Å²) in [5.41, 5.74) is 8.24. The Kier molecular flexibility index (Phi) is 8.29. The van der Waals surface area contributed by atoms with Crippen LogP contribution in [0.15, 0.2) is 84.9 Å². The summed E-state index contributed by atoms with van der Waals surface area (Å²) < 4.78 is 0. The third-order valence-electron chi connectivity index (χ3n) is 5.33. The van der Waals surface area contributed by atoms with Gasteiger partial charge >= 0.3 is 0 Å². The van der Waals surface area contributed by atoms with Gasteiger partial charge in [0.1, 0.15) is 12.1 Å². The van der Waals surface area contributed by atoms with Gasteiger partial charge in [0, 0.05) is 30.9 Å². The van der Waals surface area contributed by atoms with Gasteiger partial charge in [-0.05, 0) is 11.1 Å². The second-order valence-electron chi connectivity index (χ2n) is 8.00. The molecule has 34 heavy (non-hydrogen) atoms. The quantitative estimate of drug-likeness (QED) is 0.404. The van der Waals surface area contributed by atoms with E-state index in [1.807, 2.05) is 36.4 Å². The molecule has 3 amide bonds. The number of hydrogen-bond donors (Lipinski definition) is 3. The monoisotopic (exact) mass is 457 g/mol. The van der Waals surface area contributed by atoms with Crippen LogP contribution in [0.1, 0.15) is 34.0 Å². The fourth-order valence-corrected chi connectivity index (χ4v) is 3.58. The zero-order valence-corrected chi connectivity index (χ0v) is 18.9. The first-order valence-corrected chi connectivity index (χ1v) is 10.9. The van der Waals surface area contributed by atoms with E-state index in [0.717, 1.165) is 11.1 Å². The van der Waals surface area contributed by atoms with Crippen LogP contribution < -0.4 is 16.4 Å². The molecular formula is C27H27N3O4. The smallest absolute Gasteiger partial charge is 0.243 e. The van der Waals surface area contributed by atoms with Crippen LogP contribution in [0, 0.1) is 0 Å². The zero-order chi connectivity index (χ0) is 24.5. The maximum Gasteiger partial charge on any atom is 0.243 e. The molecule has 0 aliphatic rings. The maximum absolute atomic E-state index is 12.9. The molecule has 0 saturated carbocycles. The molecule has 0 saturated heterocycles. The van der Waals surface area contributed by atoms with E-state index in [2.05, 4.69) is 10.6 Å². The van der Waals surface area contributed by atoms with E-state index >= 15 is 0 Å². The standard InChI is InChI=1S/C27H27N3O4/c1-18(31)29-24(17-19-8-4-2-5-9-19)27(34)30-23(26(28)33)16-20-12-14-22(15-13-20)25(32)21-10-6-3-7-11-21/h2-15,23-24H,16-17H2,1H3,(H2,28,33)(H,29,31)(H,30,34)/t23-,24+/m1/s1. The number of benzene rings is 3. The van der Waals surface area contributed by atoms with Crippen molar-refractivity contribution < 1.29 is 19.2 Å². The van der Waals surface area contributed by atoms with E-state index < -0.39 is 23.9 Å². The molecule has 0 fully saturated rings. The van der Waals surface area contributed by atoms with Crippen molar-refractivity contribution >= 4 is 23.5 Å². The molecule has 3 aromatic rings. The van der Waals surface area contributed by atoms with Crippen molar-refractivity contribution in [1.29, 1.82) is 0 Å². The molecule has 2 atom stereocenters. The van der Waals surface area contributed by atoms with Gasteiger partial charge in [-0.2, -0.15) is 0 Å². The Balaban J connectivity index is 1.69. The number of rotatable bonds is 10. The lowest BCUT2D eigenvalue weighted by Gasteiger charge is -2.22. The highest BCUT2D eigenvalue weighted by Gasteiger charge is 2.25. The molecule has 0 radical (unpaired) electrons. The number of primary amides is 1. The van der Waals surface area contributed by atoms with Gasteiger partial charge < -0.3 is 16.4 Å². The Morgan fingerprint density at radius 1 is 0.676 bits per heavy atom. The number of carbonyl (C=O) groups excluding carboxylic acids is 4. The summed E-state index contributed by atoms with van der Waals surface area (Å²) in [7, 11) is 0.